The number of fused-ring (bicyclic) bond motifs is 1. The van der Waals surface area contributed by atoms with Crippen molar-refractivity contribution in [1.82, 2.24) is 14.8 Å². The molecule has 1 aromatic heterocycles. The largest absolute Gasteiger partial charge is 0.493 e. The summed E-state index contributed by atoms with van der Waals surface area (Å²) in [6.07, 6.45) is 1.15. The molecule has 0 bridgehead atoms. The van der Waals surface area contributed by atoms with E-state index in [1.54, 1.807) is 25.0 Å². The summed E-state index contributed by atoms with van der Waals surface area (Å²) >= 11 is 13.0. The number of halogens is 2. The summed E-state index contributed by atoms with van der Waals surface area (Å²) < 4.78 is 12.5. The molecule has 3 aromatic rings. The Balaban J connectivity index is 1.69. The third-order valence-electron chi connectivity index (χ3n) is 6.25. The van der Waals surface area contributed by atoms with Gasteiger partial charge < -0.3 is 14.8 Å². The van der Waals surface area contributed by atoms with Gasteiger partial charge in [-0.2, -0.15) is 4.98 Å². The molecule has 1 atom stereocenters. The van der Waals surface area contributed by atoms with Crippen molar-refractivity contribution >= 4 is 34.9 Å². The molecular formula is C25H24Cl2N4O3. The predicted octanol–water partition coefficient (Wildman–Crippen LogP) is 5.93. The fraction of sp³-hybridized carbons (Fsp3) is 0.320. The van der Waals surface area contributed by atoms with Crippen LogP contribution in [0.5, 0.6) is 11.5 Å². The SMILES string of the molecule is COc1ccc(-c2nc3n(n2)C(c2cccc(Cl)c2Cl)C2=C(CC(C)(C)CC2=O)N3)cc1OC. The quantitative estimate of drug-likeness (QED) is 0.480. The third kappa shape index (κ3) is 3.73. The minimum absolute atomic E-state index is 0.0635. The summed E-state index contributed by atoms with van der Waals surface area (Å²) in [4.78, 5) is 18.2. The van der Waals surface area contributed by atoms with Gasteiger partial charge in [-0.25, -0.2) is 4.68 Å². The van der Waals surface area contributed by atoms with Crippen LogP contribution in [0, 0.1) is 5.41 Å². The van der Waals surface area contributed by atoms with Crippen LogP contribution in [0.4, 0.5) is 5.95 Å². The van der Waals surface area contributed by atoms with Crippen LogP contribution < -0.4 is 14.8 Å². The van der Waals surface area contributed by atoms with Crippen molar-refractivity contribution in [2.75, 3.05) is 19.5 Å². The minimum atomic E-state index is -0.539. The highest BCUT2D eigenvalue weighted by Gasteiger charge is 2.42. The number of nitrogens with one attached hydrogen (secondary N) is 1. The molecule has 1 aliphatic carbocycles. The fourth-order valence-corrected chi connectivity index (χ4v) is 5.14. The second-order valence-corrected chi connectivity index (χ2v) is 10.1. The van der Waals surface area contributed by atoms with Gasteiger partial charge in [0.05, 0.1) is 24.3 Å². The Hall–Kier alpha value is -3.03. The Morgan fingerprint density at radius 3 is 2.59 bits per heavy atom. The van der Waals surface area contributed by atoms with Crippen molar-refractivity contribution in [2.24, 2.45) is 5.41 Å². The van der Waals surface area contributed by atoms with Gasteiger partial charge in [0, 0.05) is 28.8 Å². The highest BCUT2D eigenvalue weighted by molar-refractivity contribution is 6.42. The van der Waals surface area contributed by atoms with Crippen LogP contribution in [0.2, 0.25) is 10.0 Å². The zero-order chi connectivity index (χ0) is 24.2. The molecule has 1 aliphatic heterocycles. The average Bonchev–Trinajstić information content (AvgIpc) is 3.22. The summed E-state index contributed by atoms with van der Waals surface area (Å²) in [6, 6.07) is 10.4. The molecule has 0 amide bonds. The first-order valence-corrected chi connectivity index (χ1v) is 11.6. The Morgan fingerprint density at radius 1 is 1.09 bits per heavy atom. The standard InChI is InChI=1S/C25H24Cl2N4O3/c1-25(2)11-16-20(17(32)12-25)22(14-6-5-7-15(26)21(14)27)31-24(28-16)29-23(30-31)13-8-9-18(33-3)19(10-13)34-4/h5-10,22H,11-12H2,1-4H3,(H,28,29,30). The first kappa shape index (κ1) is 22.7. The number of anilines is 1. The first-order chi connectivity index (χ1) is 16.2. The normalized spacial score (nSPS) is 18.8. The number of carbonyl (C=O) groups is 1. The smallest absolute Gasteiger partial charge is 0.226 e. The average molecular weight is 499 g/mol. The van der Waals surface area contributed by atoms with Crippen molar-refractivity contribution in [1.29, 1.82) is 0 Å². The summed E-state index contributed by atoms with van der Waals surface area (Å²) in [5, 5.41) is 9.00. The van der Waals surface area contributed by atoms with Gasteiger partial charge in [-0.1, -0.05) is 49.2 Å². The van der Waals surface area contributed by atoms with E-state index in [0.717, 1.165) is 11.3 Å². The van der Waals surface area contributed by atoms with E-state index in [9.17, 15) is 4.79 Å². The summed E-state index contributed by atoms with van der Waals surface area (Å²) in [6.45, 7) is 4.18. The molecule has 2 heterocycles. The van der Waals surface area contributed by atoms with E-state index in [0.29, 0.717) is 57.3 Å². The molecular weight excluding hydrogens is 475 g/mol. The number of ether oxygens (including phenoxy) is 2. The van der Waals surface area contributed by atoms with E-state index in [2.05, 4.69) is 19.2 Å². The predicted molar refractivity (Wildman–Crippen MR) is 132 cm³/mol. The number of hydrogen-bond acceptors (Lipinski definition) is 6. The Morgan fingerprint density at radius 2 is 1.85 bits per heavy atom. The highest BCUT2D eigenvalue weighted by atomic mass is 35.5. The van der Waals surface area contributed by atoms with Crippen molar-refractivity contribution in [2.45, 2.75) is 32.7 Å². The molecule has 9 heteroatoms. The van der Waals surface area contributed by atoms with Gasteiger partial charge in [-0.3, -0.25) is 4.79 Å². The maximum Gasteiger partial charge on any atom is 0.226 e. The van der Waals surface area contributed by atoms with Crippen LogP contribution in [0.15, 0.2) is 47.7 Å². The lowest BCUT2D eigenvalue weighted by molar-refractivity contribution is -0.118. The molecule has 0 fully saturated rings. The summed E-state index contributed by atoms with van der Waals surface area (Å²) in [7, 11) is 3.17. The lowest BCUT2D eigenvalue weighted by atomic mass is 9.73. The maximum atomic E-state index is 13.4. The fourth-order valence-electron chi connectivity index (χ4n) is 4.73. The molecule has 0 radical (unpaired) electrons. The van der Waals surface area contributed by atoms with Crippen LogP contribution in [0.3, 0.4) is 0 Å². The van der Waals surface area contributed by atoms with Gasteiger partial charge in [0.25, 0.3) is 0 Å². The van der Waals surface area contributed by atoms with Crippen LogP contribution >= 0.6 is 23.2 Å². The van der Waals surface area contributed by atoms with Crippen molar-refractivity contribution in [3.63, 3.8) is 0 Å². The van der Waals surface area contributed by atoms with E-state index < -0.39 is 6.04 Å². The molecule has 7 nitrogen and oxygen atoms in total. The van der Waals surface area contributed by atoms with Crippen LogP contribution in [0.1, 0.15) is 38.3 Å². The number of carbonyl (C=O) groups excluding carboxylic acids is 1. The van der Waals surface area contributed by atoms with Gasteiger partial charge in [0.1, 0.15) is 6.04 Å². The number of benzene rings is 2. The number of hydrogen-bond donors (Lipinski definition) is 1. The van der Waals surface area contributed by atoms with Gasteiger partial charge in [-0.05, 0) is 36.1 Å². The first-order valence-electron chi connectivity index (χ1n) is 10.9. The summed E-state index contributed by atoms with van der Waals surface area (Å²) in [5.41, 5.74) is 2.80. The minimum Gasteiger partial charge on any atom is -0.493 e. The van der Waals surface area contributed by atoms with Gasteiger partial charge in [0.15, 0.2) is 23.1 Å². The van der Waals surface area contributed by atoms with Gasteiger partial charge >= 0.3 is 0 Å². The molecule has 1 N–H and O–H groups in total. The van der Waals surface area contributed by atoms with E-state index in [4.69, 9.17) is 42.8 Å². The molecule has 0 saturated heterocycles. The van der Waals surface area contributed by atoms with E-state index in [-0.39, 0.29) is 11.2 Å². The van der Waals surface area contributed by atoms with Crippen LogP contribution in [-0.4, -0.2) is 34.8 Å². The molecule has 34 heavy (non-hydrogen) atoms. The number of rotatable bonds is 4. The van der Waals surface area contributed by atoms with E-state index >= 15 is 0 Å². The number of nitrogens with zero attached hydrogens (tertiary/aromatic N) is 3. The molecule has 176 valence electrons. The second kappa shape index (κ2) is 8.32. The van der Waals surface area contributed by atoms with Crippen LogP contribution in [-0.2, 0) is 4.79 Å². The Bertz CT molecular complexity index is 1350. The molecule has 0 spiro atoms. The lowest BCUT2D eigenvalue weighted by Gasteiger charge is -2.38. The Labute approximate surface area is 207 Å². The van der Waals surface area contributed by atoms with E-state index in [1.165, 1.54) is 0 Å². The highest BCUT2D eigenvalue weighted by Crippen LogP contribution is 2.47. The lowest BCUT2D eigenvalue weighted by Crippen LogP contribution is -2.36. The van der Waals surface area contributed by atoms with Crippen molar-refractivity contribution < 1.29 is 14.3 Å². The number of Topliss-reactive ketones (excluding diaryl/α,β-unsaturated/α-hetero) is 1. The number of ketones is 1. The zero-order valence-electron chi connectivity index (χ0n) is 19.3. The molecule has 2 aliphatic rings. The zero-order valence-corrected chi connectivity index (χ0v) is 20.8. The number of methoxy groups -OCH3 is 2. The summed E-state index contributed by atoms with van der Waals surface area (Å²) in [5.74, 6) is 2.27. The second-order valence-electron chi connectivity index (χ2n) is 9.28. The molecule has 1 unspecified atom stereocenters. The Kier molecular flexibility index (Phi) is 5.57. The number of allylic oxidation sites excluding steroid dienone is 2. The van der Waals surface area contributed by atoms with Crippen molar-refractivity contribution in [3.8, 4) is 22.9 Å². The maximum absolute atomic E-state index is 13.4. The number of aromatic nitrogens is 3. The molecule has 2 aromatic carbocycles. The monoisotopic (exact) mass is 498 g/mol. The van der Waals surface area contributed by atoms with Crippen molar-refractivity contribution in [3.05, 3.63) is 63.3 Å². The van der Waals surface area contributed by atoms with Gasteiger partial charge in [-0.15, -0.1) is 5.10 Å². The topological polar surface area (TPSA) is 78.3 Å². The van der Waals surface area contributed by atoms with Gasteiger partial charge in [0.2, 0.25) is 5.95 Å². The molecule has 0 saturated carbocycles. The van der Waals surface area contributed by atoms with E-state index in [1.807, 2.05) is 30.3 Å². The molecule has 5 rings (SSSR count). The third-order valence-corrected chi connectivity index (χ3v) is 7.08. The van der Waals surface area contributed by atoms with Crippen LogP contribution in [0.25, 0.3) is 11.4 Å².